The van der Waals surface area contributed by atoms with Gasteiger partial charge in [0.2, 0.25) is 0 Å². The molecule has 1 aliphatic rings. The number of urea groups is 1. The van der Waals surface area contributed by atoms with Crippen LogP contribution in [0.4, 0.5) is 20.6 Å². The van der Waals surface area contributed by atoms with Crippen molar-refractivity contribution in [2.45, 2.75) is 18.9 Å². The number of benzene rings is 2. The molecule has 29 heavy (non-hydrogen) atoms. The molecule has 2 heterocycles. The van der Waals surface area contributed by atoms with Gasteiger partial charge in [-0.2, -0.15) is 0 Å². The molecule has 0 unspecified atom stereocenters. The van der Waals surface area contributed by atoms with Gasteiger partial charge in [-0.1, -0.05) is 36.4 Å². The first kappa shape index (κ1) is 18.9. The number of halogens is 1. The van der Waals surface area contributed by atoms with E-state index >= 15 is 0 Å². The van der Waals surface area contributed by atoms with Crippen LogP contribution in [0.2, 0.25) is 0 Å². The van der Waals surface area contributed by atoms with Gasteiger partial charge in [-0.15, -0.1) is 0 Å². The van der Waals surface area contributed by atoms with Gasteiger partial charge in [-0.3, -0.25) is 4.90 Å². The highest BCUT2D eigenvalue weighted by Crippen LogP contribution is 2.28. The summed E-state index contributed by atoms with van der Waals surface area (Å²) in [4.78, 5) is 24.6. The van der Waals surface area contributed by atoms with E-state index in [-0.39, 0.29) is 18.1 Å². The van der Waals surface area contributed by atoms with E-state index in [1.54, 1.807) is 9.80 Å². The van der Waals surface area contributed by atoms with Crippen molar-refractivity contribution in [1.82, 2.24) is 14.9 Å². The summed E-state index contributed by atoms with van der Waals surface area (Å²) in [5, 5.41) is 0. The van der Waals surface area contributed by atoms with Gasteiger partial charge in [0.15, 0.2) is 5.82 Å². The summed E-state index contributed by atoms with van der Waals surface area (Å²) in [6.45, 7) is 1.05. The number of likely N-dealkylation sites (tertiary alicyclic amines) is 1. The standard InChI is InChI=1S/C22H21FN4O2/c23-17-14-24-21(25-15-17)29-20-12-7-13-26(16-20)22(28)27(18-8-3-1-4-9-18)19-10-5-2-6-11-19/h1-6,8-11,14-15,20H,7,12-13,16H2/t20-/m1/s1. The lowest BCUT2D eigenvalue weighted by Gasteiger charge is -2.36. The fourth-order valence-electron chi connectivity index (χ4n) is 3.38. The van der Waals surface area contributed by atoms with E-state index in [0.29, 0.717) is 13.1 Å². The second-order valence-electron chi connectivity index (χ2n) is 6.80. The second kappa shape index (κ2) is 8.68. The smallest absolute Gasteiger partial charge is 0.329 e. The summed E-state index contributed by atoms with van der Waals surface area (Å²) in [5.74, 6) is -0.515. The minimum atomic E-state index is -0.515. The van der Waals surface area contributed by atoms with Crippen molar-refractivity contribution < 1.29 is 13.9 Å². The van der Waals surface area contributed by atoms with Gasteiger partial charge >= 0.3 is 12.0 Å². The van der Waals surface area contributed by atoms with E-state index in [9.17, 15) is 9.18 Å². The number of piperidine rings is 1. The van der Waals surface area contributed by atoms with Gasteiger partial charge in [0, 0.05) is 6.54 Å². The van der Waals surface area contributed by atoms with E-state index in [1.165, 1.54) is 0 Å². The minimum absolute atomic E-state index is 0.115. The first-order valence-electron chi connectivity index (χ1n) is 9.54. The van der Waals surface area contributed by atoms with Gasteiger partial charge in [0.05, 0.1) is 30.3 Å². The average Bonchev–Trinajstić information content (AvgIpc) is 2.77. The third-order valence-electron chi connectivity index (χ3n) is 4.74. The molecular formula is C22H21FN4O2. The number of para-hydroxylation sites is 2. The van der Waals surface area contributed by atoms with Crippen LogP contribution in [-0.4, -0.2) is 40.1 Å². The van der Waals surface area contributed by atoms with Crippen LogP contribution in [0.15, 0.2) is 73.1 Å². The molecule has 1 aliphatic heterocycles. The van der Waals surface area contributed by atoms with Gasteiger partial charge in [-0.05, 0) is 37.1 Å². The van der Waals surface area contributed by atoms with Crippen LogP contribution in [0.3, 0.4) is 0 Å². The molecule has 4 rings (SSSR count). The van der Waals surface area contributed by atoms with E-state index in [2.05, 4.69) is 9.97 Å². The molecule has 2 aromatic carbocycles. The van der Waals surface area contributed by atoms with E-state index < -0.39 is 5.82 Å². The molecule has 1 atom stereocenters. The summed E-state index contributed by atoms with van der Waals surface area (Å²) >= 11 is 0. The Hall–Kier alpha value is -3.48. The van der Waals surface area contributed by atoms with Crippen LogP contribution >= 0.6 is 0 Å². The molecule has 0 bridgehead atoms. The molecule has 7 heteroatoms. The van der Waals surface area contributed by atoms with Gasteiger partial charge in [-0.25, -0.2) is 19.2 Å². The molecule has 1 aromatic heterocycles. The number of aromatic nitrogens is 2. The maximum Gasteiger partial charge on any atom is 0.329 e. The zero-order valence-electron chi connectivity index (χ0n) is 15.8. The number of anilines is 2. The van der Waals surface area contributed by atoms with Crippen molar-refractivity contribution in [2.75, 3.05) is 18.0 Å². The molecule has 1 saturated heterocycles. The number of nitrogens with zero attached hydrogens (tertiary/aromatic N) is 4. The van der Waals surface area contributed by atoms with Crippen molar-refractivity contribution in [2.24, 2.45) is 0 Å². The Kier molecular flexibility index (Phi) is 5.65. The van der Waals surface area contributed by atoms with Crippen LogP contribution in [0.25, 0.3) is 0 Å². The Morgan fingerprint density at radius 2 is 1.59 bits per heavy atom. The predicted octanol–water partition coefficient (Wildman–Crippen LogP) is 4.42. The van der Waals surface area contributed by atoms with E-state index in [4.69, 9.17) is 4.74 Å². The Morgan fingerprint density at radius 3 is 2.17 bits per heavy atom. The molecule has 6 nitrogen and oxygen atoms in total. The van der Waals surface area contributed by atoms with Crippen LogP contribution in [-0.2, 0) is 0 Å². The Morgan fingerprint density at radius 1 is 1.00 bits per heavy atom. The fraction of sp³-hybridized carbons (Fsp3) is 0.227. The first-order chi connectivity index (χ1) is 14.2. The molecule has 0 radical (unpaired) electrons. The third-order valence-corrected chi connectivity index (χ3v) is 4.74. The van der Waals surface area contributed by atoms with Crippen LogP contribution < -0.4 is 9.64 Å². The van der Waals surface area contributed by atoms with E-state index in [0.717, 1.165) is 36.6 Å². The lowest BCUT2D eigenvalue weighted by atomic mass is 10.1. The molecular weight excluding hydrogens is 371 g/mol. The summed E-state index contributed by atoms with van der Waals surface area (Å²) in [5.41, 5.74) is 1.60. The largest absolute Gasteiger partial charge is 0.458 e. The Labute approximate surface area is 168 Å². The number of hydrogen-bond donors (Lipinski definition) is 0. The molecule has 1 fully saturated rings. The third kappa shape index (κ3) is 4.51. The molecule has 0 saturated carbocycles. The van der Waals surface area contributed by atoms with Crippen LogP contribution in [0.1, 0.15) is 12.8 Å². The normalized spacial score (nSPS) is 16.3. The summed E-state index contributed by atoms with van der Waals surface area (Å²) in [6, 6.07) is 19.1. The predicted molar refractivity (Wildman–Crippen MR) is 108 cm³/mol. The Bertz CT molecular complexity index is 899. The quantitative estimate of drug-likeness (QED) is 0.660. The van der Waals surface area contributed by atoms with Crippen LogP contribution in [0, 0.1) is 5.82 Å². The average molecular weight is 392 g/mol. The van der Waals surface area contributed by atoms with Gasteiger partial charge in [0.1, 0.15) is 6.10 Å². The van der Waals surface area contributed by atoms with Crippen molar-refractivity contribution in [3.63, 3.8) is 0 Å². The zero-order chi connectivity index (χ0) is 20.1. The summed E-state index contributed by atoms with van der Waals surface area (Å²) in [6.07, 6.45) is 3.48. The lowest BCUT2D eigenvalue weighted by Crippen LogP contribution is -2.49. The lowest BCUT2D eigenvalue weighted by molar-refractivity contribution is 0.0967. The van der Waals surface area contributed by atoms with Gasteiger partial charge < -0.3 is 9.64 Å². The molecule has 0 spiro atoms. The number of ether oxygens (including phenoxy) is 1. The van der Waals surface area contributed by atoms with Crippen LogP contribution in [0.5, 0.6) is 6.01 Å². The van der Waals surface area contributed by atoms with Crippen molar-refractivity contribution in [3.8, 4) is 6.01 Å². The summed E-state index contributed by atoms with van der Waals surface area (Å²) in [7, 11) is 0. The second-order valence-corrected chi connectivity index (χ2v) is 6.80. The molecule has 0 aliphatic carbocycles. The number of carbonyl (C=O) groups is 1. The fourth-order valence-corrected chi connectivity index (χ4v) is 3.38. The first-order valence-corrected chi connectivity index (χ1v) is 9.54. The number of carbonyl (C=O) groups excluding carboxylic acids is 1. The van der Waals surface area contributed by atoms with Crippen molar-refractivity contribution in [3.05, 3.63) is 78.9 Å². The van der Waals surface area contributed by atoms with Crippen molar-refractivity contribution in [1.29, 1.82) is 0 Å². The monoisotopic (exact) mass is 392 g/mol. The highest BCUT2D eigenvalue weighted by Gasteiger charge is 2.30. The number of amides is 2. The Balaban J connectivity index is 1.53. The molecule has 0 N–H and O–H groups in total. The molecule has 2 amide bonds. The number of hydrogen-bond acceptors (Lipinski definition) is 4. The number of rotatable bonds is 4. The topological polar surface area (TPSA) is 58.6 Å². The minimum Gasteiger partial charge on any atom is -0.458 e. The van der Waals surface area contributed by atoms with Gasteiger partial charge in [0.25, 0.3) is 0 Å². The van der Waals surface area contributed by atoms with E-state index in [1.807, 2.05) is 60.7 Å². The summed E-state index contributed by atoms with van der Waals surface area (Å²) < 4.78 is 18.8. The zero-order valence-corrected chi connectivity index (χ0v) is 15.8. The highest BCUT2D eigenvalue weighted by atomic mass is 19.1. The maximum absolute atomic E-state index is 13.5. The molecule has 3 aromatic rings. The van der Waals surface area contributed by atoms with Crippen molar-refractivity contribution >= 4 is 17.4 Å². The maximum atomic E-state index is 13.5. The highest BCUT2D eigenvalue weighted by molar-refractivity contribution is 5.99. The molecule has 148 valence electrons. The SMILES string of the molecule is O=C(N1CCC[C@@H](Oc2ncc(F)cn2)C1)N(c1ccccc1)c1ccccc1.